The fraction of sp³-hybridized carbons (Fsp3) is 0.0909. The number of nitrogens with one attached hydrogen (secondary N) is 2. The van der Waals surface area contributed by atoms with Crippen LogP contribution in [0.5, 0.6) is 11.5 Å². The van der Waals surface area contributed by atoms with Crippen molar-refractivity contribution in [3.63, 3.8) is 0 Å². The van der Waals surface area contributed by atoms with Crippen LogP contribution in [0.3, 0.4) is 0 Å². The highest BCUT2D eigenvalue weighted by Crippen LogP contribution is 2.25. The second-order valence-electron chi connectivity index (χ2n) is 9.58. The van der Waals surface area contributed by atoms with Gasteiger partial charge < -0.3 is 9.47 Å². The van der Waals surface area contributed by atoms with Gasteiger partial charge in [-0.2, -0.15) is 15.3 Å². The fourth-order valence-electron chi connectivity index (χ4n) is 3.95. The molecular formula is C33H26BrClF2N6O5. The fourth-order valence-corrected chi connectivity index (χ4v) is 4.30. The first kappa shape index (κ1) is 35.4. The van der Waals surface area contributed by atoms with E-state index in [0.29, 0.717) is 43.6 Å². The van der Waals surface area contributed by atoms with Gasteiger partial charge >= 0.3 is 0 Å². The average Bonchev–Trinajstić information content (AvgIpc) is 3.09. The number of aromatic amines is 2. The van der Waals surface area contributed by atoms with Crippen LogP contribution in [0.15, 0.2) is 116 Å². The molecule has 48 heavy (non-hydrogen) atoms. The number of methoxy groups -OCH3 is 2. The summed E-state index contributed by atoms with van der Waals surface area (Å²) < 4.78 is 39.6. The molecule has 0 aliphatic heterocycles. The summed E-state index contributed by atoms with van der Waals surface area (Å²) in [5.41, 5.74) is 1.48. The van der Waals surface area contributed by atoms with Crippen LogP contribution < -0.4 is 26.2 Å². The Bertz CT molecular complexity index is 2140. The van der Waals surface area contributed by atoms with E-state index in [4.69, 9.17) is 21.1 Å². The summed E-state index contributed by atoms with van der Waals surface area (Å²) in [5, 5.41) is 16.7. The smallest absolute Gasteiger partial charge is 0.267 e. The number of rotatable bonds is 6. The molecule has 0 saturated carbocycles. The lowest BCUT2D eigenvalue weighted by Gasteiger charge is -2.09. The summed E-state index contributed by atoms with van der Waals surface area (Å²) in [7, 11) is 2.94. The highest BCUT2D eigenvalue weighted by Gasteiger charge is 2.11. The zero-order valence-corrected chi connectivity index (χ0v) is 27.6. The van der Waals surface area contributed by atoms with Crippen molar-refractivity contribution in [3.05, 3.63) is 155 Å². The van der Waals surface area contributed by atoms with E-state index < -0.39 is 11.6 Å². The van der Waals surface area contributed by atoms with Crippen molar-refractivity contribution >= 4 is 27.5 Å². The third-order valence-corrected chi connectivity index (χ3v) is 7.03. The molecule has 0 fully saturated rings. The third-order valence-electron chi connectivity index (χ3n) is 6.34. The minimum absolute atomic E-state index is 0.187. The van der Waals surface area contributed by atoms with E-state index in [1.54, 1.807) is 42.5 Å². The molecule has 6 rings (SSSR count). The van der Waals surface area contributed by atoms with E-state index >= 15 is 0 Å². The minimum atomic E-state index is -0.460. The summed E-state index contributed by atoms with van der Waals surface area (Å²) in [5.74, 6) is -0.0474. The topological polar surface area (TPSA) is 145 Å². The van der Waals surface area contributed by atoms with Crippen LogP contribution in [0, 0.1) is 11.6 Å². The predicted octanol–water partition coefficient (Wildman–Crippen LogP) is 5.88. The first-order valence-electron chi connectivity index (χ1n) is 13.8. The van der Waals surface area contributed by atoms with Crippen LogP contribution in [-0.4, -0.2) is 44.4 Å². The Morgan fingerprint density at radius 2 is 1.25 bits per heavy atom. The first-order valence-corrected chi connectivity index (χ1v) is 15.0. The maximum absolute atomic E-state index is 14.2. The zero-order valence-electron chi connectivity index (χ0n) is 25.3. The minimum Gasteiger partial charge on any atom is -0.497 e. The summed E-state index contributed by atoms with van der Waals surface area (Å²) in [6.45, 7) is 0.279. The van der Waals surface area contributed by atoms with Crippen molar-refractivity contribution in [2.75, 3.05) is 14.2 Å². The molecule has 0 saturated heterocycles. The first-order chi connectivity index (χ1) is 23.1. The Kier molecular flexibility index (Phi) is 12.5. The Labute approximate surface area is 284 Å². The molecule has 2 N–H and O–H groups in total. The standard InChI is InChI=1S/C18H14ClFN2O2.C11H9FN2O2.C4H3BrN2O/c1-24-14-6-7-15(16(20)10-14)17-8-9-18(23)22(21-17)11-12-2-4-13(19)5-3-12;1-16-7-2-3-8(9(12)6-7)10-4-5-11(15)14-13-10;5-3-1-2-4(8)7-6-3/h2-10H,11H2,1H3;2-6H,1H3,(H,14,15);1-2H,(H,7,8). The molecule has 0 atom stereocenters. The highest BCUT2D eigenvalue weighted by molar-refractivity contribution is 9.10. The number of hydrogen-bond acceptors (Lipinski definition) is 8. The molecule has 11 nitrogen and oxygen atoms in total. The summed E-state index contributed by atoms with van der Waals surface area (Å²) >= 11 is 8.92. The Hall–Kier alpha value is -5.47. The molecule has 0 radical (unpaired) electrons. The van der Waals surface area contributed by atoms with Crippen molar-refractivity contribution in [3.8, 4) is 34.0 Å². The van der Waals surface area contributed by atoms with Gasteiger partial charge in [-0.05, 0) is 76.1 Å². The van der Waals surface area contributed by atoms with E-state index in [2.05, 4.69) is 41.4 Å². The number of halogens is 4. The van der Waals surface area contributed by atoms with Gasteiger partial charge in [0.1, 0.15) is 27.7 Å². The molecule has 0 aliphatic rings. The molecule has 6 aromatic rings. The Balaban J connectivity index is 0.000000185. The van der Waals surface area contributed by atoms with Crippen LogP contribution in [-0.2, 0) is 6.54 Å². The number of nitrogens with zero attached hydrogens (tertiary/aromatic N) is 4. The molecule has 246 valence electrons. The highest BCUT2D eigenvalue weighted by atomic mass is 79.9. The van der Waals surface area contributed by atoms with Gasteiger partial charge in [0, 0.05) is 46.5 Å². The number of benzene rings is 3. The lowest BCUT2D eigenvalue weighted by atomic mass is 10.1. The second-order valence-corrected chi connectivity index (χ2v) is 10.8. The number of ether oxygens (including phenoxy) is 2. The van der Waals surface area contributed by atoms with Crippen LogP contribution >= 0.6 is 27.5 Å². The van der Waals surface area contributed by atoms with E-state index in [9.17, 15) is 23.2 Å². The summed E-state index contributed by atoms with van der Waals surface area (Å²) in [6.07, 6.45) is 0. The van der Waals surface area contributed by atoms with Gasteiger partial charge in [0.2, 0.25) is 0 Å². The lowest BCUT2D eigenvalue weighted by Crippen LogP contribution is -2.22. The van der Waals surface area contributed by atoms with E-state index in [1.165, 1.54) is 61.4 Å². The normalized spacial score (nSPS) is 10.2. The van der Waals surface area contributed by atoms with Gasteiger partial charge in [-0.1, -0.05) is 23.7 Å². The van der Waals surface area contributed by atoms with Crippen LogP contribution in [0.1, 0.15) is 5.56 Å². The lowest BCUT2D eigenvalue weighted by molar-refractivity contribution is 0.411. The maximum atomic E-state index is 14.2. The average molecular weight is 740 g/mol. The van der Waals surface area contributed by atoms with Gasteiger partial charge in [0.25, 0.3) is 16.7 Å². The largest absolute Gasteiger partial charge is 0.497 e. The molecule has 0 unspecified atom stereocenters. The van der Waals surface area contributed by atoms with Gasteiger partial charge in [0.15, 0.2) is 0 Å². The van der Waals surface area contributed by atoms with Crippen LogP contribution in [0.2, 0.25) is 5.02 Å². The predicted molar refractivity (Wildman–Crippen MR) is 180 cm³/mol. The molecule has 0 spiro atoms. The van der Waals surface area contributed by atoms with Gasteiger partial charge in [-0.15, -0.1) is 0 Å². The SMILES string of the molecule is COc1ccc(-c2ccc(=O)[nH]n2)c(F)c1.COc1ccc(-c2ccc(=O)n(Cc3ccc(Cl)cc3)n2)c(F)c1.O=c1ccc(Br)n[nH]1. The molecule has 3 aromatic heterocycles. The monoisotopic (exact) mass is 738 g/mol. The van der Waals surface area contributed by atoms with Crippen molar-refractivity contribution in [1.82, 2.24) is 30.2 Å². The van der Waals surface area contributed by atoms with E-state index in [-0.39, 0.29) is 23.2 Å². The van der Waals surface area contributed by atoms with E-state index in [1.807, 2.05) is 12.1 Å². The van der Waals surface area contributed by atoms with Crippen molar-refractivity contribution in [1.29, 1.82) is 0 Å². The van der Waals surface area contributed by atoms with Crippen molar-refractivity contribution in [2.24, 2.45) is 0 Å². The van der Waals surface area contributed by atoms with Crippen LogP contribution in [0.25, 0.3) is 22.5 Å². The molecule has 0 bridgehead atoms. The molecule has 3 heterocycles. The Morgan fingerprint density at radius 1 is 0.708 bits per heavy atom. The number of H-pyrrole nitrogens is 2. The number of aromatic nitrogens is 6. The van der Waals surface area contributed by atoms with Gasteiger partial charge in [-0.25, -0.2) is 23.7 Å². The van der Waals surface area contributed by atoms with Gasteiger partial charge in [-0.3, -0.25) is 14.4 Å². The van der Waals surface area contributed by atoms with Crippen molar-refractivity contribution in [2.45, 2.75) is 6.54 Å². The van der Waals surface area contributed by atoms with Crippen molar-refractivity contribution < 1.29 is 18.3 Å². The summed E-state index contributed by atoms with van der Waals surface area (Å²) in [4.78, 5) is 33.1. The van der Waals surface area contributed by atoms with Gasteiger partial charge in [0.05, 0.1) is 32.2 Å². The van der Waals surface area contributed by atoms with E-state index in [0.717, 1.165) is 5.56 Å². The van der Waals surface area contributed by atoms with Crippen LogP contribution in [0.4, 0.5) is 8.78 Å². The molecule has 0 amide bonds. The molecular weight excluding hydrogens is 714 g/mol. The second kappa shape index (κ2) is 16.9. The quantitative estimate of drug-likeness (QED) is 0.216. The molecule has 0 aliphatic carbocycles. The number of hydrogen-bond donors (Lipinski definition) is 2. The molecule has 3 aromatic carbocycles. The summed E-state index contributed by atoms with van der Waals surface area (Å²) in [6, 6.07) is 24.7. The third kappa shape index (κ3) is 10.0. The maximum Gasteiger partial charge on any atom is 0.267 e. The zero-order chi connectivity index (χ0) is 34.6. The Morgan fingerprint density at radius 3 is 1.73 bits per heavy atom. The molecule has 15 heteroatoms.